The minimum atomic E-state index is -3.02. The summed E-state index contributed by atoms with van der Waals surface area (Å²) in [4.78, 5) is 2.58. The van der Waals surface area contributed by atoms with Crippen molar-refractivity contribution in [2.45, 2.75) is 44.1 Å². The molecular formula is C15H29N3O2S. The summed E-state index contributed by atoms with van der Waals surface area (Å²) in [6, 6.07) is 0. The Bertz CT molecular complexity index is 460. The van der Waals surface area contributed by atoms with E-state index in [4.69, 9.17) is 0 Å². The lowest BCUT2D eigenvalue weighted by Gasteiger charge is -2.43. The van der Waals surface area contributed by atoms with Crippen LogP contribution >= 0.6 is 0 Å². The molecule has 0 radical (unpaired) electrons. The maximum Gasteiger partial charge on any atom is 0.211 e. The van der Waals surface area contributed by atoms with Gasteiger partial charge in [-0.1, -0.05) is 12.8 Å². The van der Waals surface area contributed by atoms with Crippen LogP contribution in [0.3, 0.4) is 0 Å². The minimum absolute atomic E-state index is 0.365. The standard InChI is InChI=1S/C15H29N3O2S/c1-21(19,20)18-9-4-5-14(12-18)11-17-10-8-16-15(13-17)6-2-3-7-15/h14,16H,2-13H2,1H3. The summed E-state index contributed by atoms with van der Waals surface area (Å²) in [6.07, 6.45) is 8.84. The fourth-order valence-electron chi connectivity index (χ4n) is 4.43. The first kappa shape index (κ1) is 15.7. The molecule has 2 saturated heterocycles. The van der Waals surface area contributed by atoms with Crippen molar-refractivity contribution in [3.8, 4) is 0 Å². The lowest BCUT2D eigenvalue weighted by atomic mass is 9.92. The van der Waals surface area contributed by atoms with Crippen LogP contribution in [0.15, 0.2) is 0 Å². The zero-order valence-corrected chi connectivity index (χ0v) is 14.0. The zero-order chi connectivity index (χ0) is 14.9. The van der Waals surface area contributed by atoms with Crippen LogP contribution in [0.4, 0.5) is 0 Å². The lowest BCUT2D eigenvalue weighted by molar-refractivity contribution is 0.103. The normalized spacial score (nSPS) is 31.8. The maximum absolute atomic E-state index is 11.7. The van der Waals surface area contributed by atoms with Crippen molar-refractivity contribution in [2.75, 3.05) is 45.5 Å². The highest BCUT2D eigenvalue weighted by molar-refractivity contribution is 7.88. The van der Waals surface area contributed by atoms with Crippen LogP contribution in [-0.4, -0.2) is 68.7 Å². The minimum Gasteiger partial charge on any atom is -0.309 e. The Morgan fingerprint density at radius 2 is 1.95 bits per heavy atom. The number of piperazine rings is 1. The summed E-state index contributed by atoms with van der Waals surface area (Å²) in [5, 5.41) is 3.75. The molecule has 6 heteroatoms. The van der Waals surface area contributed by atoms with Gasteiger partial charge in [0.05, 0.1) is 6.26 Å². The molecule has 3 fully saturated rings. The molecule has 0 amide bonds. The van der Waals surface area contributed by atoms with E-state index in [0.717, 1.165) is 39.1 Å². The van der Waals surface area contributed by atoms with Gasteiger partial charge in [0.2, 0.25) is 10.0 Å². The first-order valence-electron chi connectivity index (χ1n) is 8.39. The summed E-state index contributed by atoms with van der Waals surface area (Å²) in [5.74, 6) is 0.505. The molecule has 1 unspecified atom stereocenters. The van der Waals surface area contributed by atoms with Crippen LogP contribution in [0.5, 0.6) is 0 Å². The highest BCUT2D eigenvalue weighted by Gasteiger charge is 2.38. The fraction of sp³-hybridized carbons (Fsp3) is 1.00. The van der Waals surface area contributed by atoms with Crippen LogP contribution in [0.25, 0.3) is 0 Å². The van der Waals surface area contributed by atoms with Gasteiger partial charge in [0.1, 0.15) is 0 Å². The Labute approximate surface area is 129 Å². The number of hydrogen-bond donors (Lipinski definition) is 1. The zero-order valence-electron chi connectivity index (χ0n) is 13.2. The second-order valence-corrected chi connectivity index (χ2v) is 9.26. The predicted molar refractivity (Wildman–Crippen MR) is 84.8 cm³/mol. The molecule has 0 bridgehead atoms. The Morgan fingerprint density at radius 3 is 2.67 bits per heavy atom. The first-order chi connectivity index (χ1) is 9.97. The van der Waals surface area contributed by atoms with Gasteiger partial charge < -0.3 is 5.32 Å². The molecule has 21 heavy (non-hydrogen) atoms. The molecule has 5 nitrogen and oxygen atoms in total. The van der Waals surface area contributed by atoms with E-state index in [1.807, 2.05) is 0 Å². The molecule has 0 aromatic heterocycles. The van der Waals surface area contributed by atoms with Crippen LogP contribution in [-0.2, 0) is 10.0 Å². The molecule has 3 aliphatic rings. The monoisotopic (exact) mass is 315 g/mol. The average Bonchev–Trinajstić information content (AvgIpc) is 2.86. The van der Waals surface area contributed by atoms with E-state index in [0.29, 0.717) is 18.0 Å². The number of nitrogens with one attached hydrogen (secondary N) is 1. The summed E-state index contributed by atoms with van der Waals surface area (Å²) >= 11 is 0. The molecule has 0 aromatic carbocycles. The van der Waals surface area contributed by atoms with Crippen LogP contribution in [0, 0.1) is 5.92 Å². The highest BCUT2D eigenvalue weighted by atomic mass is 32.2. The van der Waals surface area contributed by atoms with E-state index < -0.39 is 10.0 Å². The SMILES string of the molecule is CS(=O)(=O)N1CCCC(CN2CCNC3(CCCC3)C2)C1. The highest BCUT2D eigenvalue weighted by Crippen LogP contribution is 2.32. The third-order valence-corrected chi connectivity index (χ3v) is 6.75. The first-order valence-corrected chi connectivity index (χ1v) is 10.2. The Hall–Kier alpha value is -0.170. The van der Waals surface area contributed by atoms with Gasteiger partial charge in [0.25, 0.3) is 0 Å². The largest absolute Gasteiger partial charge is 0.309 e. The van der Waals surface area contributed by atoms with Gasteiger partial charge in [-0.15, -0.1) is 0 Å². The number of piperidine rings is 1. The molecule has 2 heterocycles. The molecule has 122 valence electrons. The van der Waals surface area contributed by atoms with E-state index in [1.165, 1.54) is 38.4 Å². The molecule has 2 aliphatic heterocycles. The molecule has 1 aliphatic carbocycles. The van der Waals surface area contributed by atoms with Crippen molar-refractivity contribution < 1.29 is 8.42 Å². The van der Waals surface area contributed by atoms with Gasteiger partial charge in [-0.3, -0.25) is 4.90 Å². The summed E-state index contributed by atoms with van der Waals surface area (Å²) in [6.45, 7) is 5.84. The van der Waals surface area contributed by atoms with Crippen molar-refractivity contribution in [2.24, 2.45) is 5.92 Å². The summed E-state index contributed by atoms with van der Waals surface area (Å²) in [7, 11) is -3.02. The van der Waals surface area contributed by atoms with Gasteiger partial charge in [-0.2, -0.15) is 0 Å². The van der Waals surface area contributed by atoms with Crippen LogP contribution < -0.4 is 5.32 Å². The Morgan fingerprint density at radius 1 is 1.19 bits per heavy atom. The predicted octanol–water partition coefficient (Wildman–Crippen LogP) is 0.876. The van der Waals surface area contributed by atoms with Crippen molar-refractivity contribution in [1.29, 1.82) is 0 Å². The summed E-state index contributed by atoms with van der Waals surface area (Å²) in [5.41, 5.74) is 0.365. The van der Waals surface area contributed by atoms with E-state index in [1.54, 1.807) is 4.31 Å². The van der Waals surface area contributed by atoms with Crippen LogP contribution in [0.2, 0.25) is 0 Å². The number of rotatable bonds is 3. The second kappa shape index (κ2) is 6.14. The Kier molecular flexibility index (Phi) is 4.60. The lowest BCUT2D eigenvalue weighted by Crippen LogP contribution is -2.60. The van der Waals surface area contributed by atoms with Crippen molar-refractivity contribution >= 4 is 10.0 Å². The molecule has 1 atom stereocenters. The third kappa shape index (κ3) is 3.78. The van der Waals surface area contributed by atoms with Gasteiger partial charge in [0, 0.05) is 44.8 Å². The second-order valence-electron chi connectivity index (χ2n) is 7.28. The van der Waals surface area contributed by atoms with E-state index >= 15 is 0 Å². The third-order valence-electron chi connectivity index (χ3n) is 5.48. The van der Waals surface area contributed by atoms with Crippen molar-refractivity contribution in [3.63, 3.8) is 0 Å². The van der Waals surface area contributed by atoms with Crippen molar-refractivity contribution in [1.82, 2.24) is 14.5 Å². The number of hydrogen-bond acceptors (Lipinski definition) is 4. The fourth-order valence-corrected chi connectivity index (χ4v) is 5.37. The average molecular weight is 315 g/mol. The molecule has 1 N–H and O–H groups in total. The molecule has 1 saturated carbocycles. The van der Waals surface area contributed by atoms with Gasteiger partial charge in [-0.05, 0) is 31.6 Å². The number of nitrogens with zero attached hydrogens (tertiary/aromatic N) is 2. The smallest absolute Gasteiger partial charge is 0.211 e. The molecular weight excluding hydrogens is 286 g/mol. The van der Waals surface area contributed by atoms with Gasteiger partial charge in [0.15, 0.2) is 0 Å². The number of sulfonamides is 1. The molecule has 0 aromatic rings. The van der Waals surface area contributed by atoms with Gasteiger partial charge in [-0.25, -0.2) is 12.7 Å². The topological polar surface area (TPSA) is 52.7 Å². The van der Waals surface area contributed by atoms with Crippen LogP contribution in [0.1, 0.15) is 38.5 Å². The molecule has 3 rings (SSSR count). The van der Waals surface area contributed by atoms with E-state index in [2.05, 4.69) is 10.2 Å². The quantitative estimate of drug-likeness (QED) is 0.840. The van der Waals surface area contributed by atoms with Crippen molar-refractivity contribution in [3.05, 3.63) is 0 Å². The van der Waals surface area contributed by atoms with Gasteiger partial charge >= 0.3 is 0 Å². The Balaban J connectivity index is 1.56. The maximum atomic E-state index is 11.7. The summed E-state index contributed by atoms with van der Waals surface area (Å²) < 4.78 is 25.1. The molecule has 1 spiro atoms. The van der Waals surface area contributed by atoms with E-state index in [9.17, 15) is 8.42 Å². The van der Waals surface area contributed by atoms with E-state index in [-0.39, 0.29) is 0 Å².